The number of aryl methyl sites for hydroxylation is 1. The summed E-state index contributed by atoms with van der Waals surface area (Å²) in [5, 5.41) is 9.82. The Bertz CT molecular complexity index is 1090. The summed E-state index contributed by atoms with van der Waals surface area (Å²) in [6, 6.07) is 14.3. The monoisotopic (exact) mass is 432 g/mol. The van der Waals surface area contributed by atoms with Gasteiger partial charge in [0.1, 0.15) is 6.61 Å². The molecule has 2 heterocycles. The third-order valence-corrected chi connectivity index (χ3v) is 5.84. The largest absolute Gasteiger partial charge is 0.478 e. The Labute approximate surface area is 190 Å². The summed E-state index contributed by atoms with van der Waals surface area (Å²) in [4.78, 5) is 9.07. The predicted octanol–water partition coefficient (Wildman–Crippen LogP) is 5.31. The third-order valence-electron chi connectivity index (χ3n) is 5.84. The molecule has 0 saturated carbocycles. The molecule has 1 aromatic carbocycles. The molecular formula is C27H32N2O3. The van der Waals surface area contributed by atoms with Crippen molar-refractivity contribution in [2.24, 2.45) is 5.92 Å². The van der Waals surface area contributed by atoms with Gasteiger partial charge in [-0.15, -0.1) is 0 Å². The van der Waals surface area contributed by atoms with Crippen LogP contribution in [0.3, 0.4) is 0 Å². The smallest absolute Gasteiger partial charge is 0.213 e. The number of aliphatic hydroxyl groups is 1. The lowest BCUT2D eigenvalue weighted by molar-refractivity contribution is 0.0547. The zero-order valence-electron chi connectivity index (χ0n) is 19.4. The molecule has 1 aliphatic rings. The fourth-order valence-corrected chi connectivity index (χ4v) is 4.09. The van der Waals surface area contributed by atoms with E-state index < -0.39 is 5.60 Å². The Kier molecular flexibility index (Phi) is 6.47. The van der Waals surface area contributed by atoms with E-state index in [1.54, 1.807) is 13.8 Å². The highest BCUT2D eigenvalue weighted by Crippen LogP contribution is 2.29. The second kappa shape index (κ2) is 9.29. The second-order valence-electron chi connectivity index (χ2n) is 9.49. The van der Waals surface area contributed by atoms with Crippen molar-refractivity contribution in [3.8, 4) is 22.9 Å². The van der Waals surface area contributed by atoms with Gasteiger partial charge < -0.3 is 14.6 Å². The van der Waals surface area contributed by atoms with Crippen molar-refractivity contribution in [1.82, 2.24) is 9.97 Å². The van der Waals surface area contributed by atoms with E-state index in [1.165, 1.54) is 11.1 Å². The third kappa shape index (κ3) is 5.65. The van der Waals surface area contributed by atoms with Crippen LogP contribution in [0.15, 0.2) is 48.7 Å². The maximum Gasteiger partial charge on any atom is 0.213 e. The zero-order chi connectivity index (χ0) is 22.7. The minimum atomic E-state index is -0.745. The summed E-state index contributed by atoms with van der Waals surface area (Å²) in [5.41, 5.74) is 6.11. The van der Waals surface area contributed by atoms with Crippen molar-refractivity contribution < 1.29 is 14.6 Å². The first-order valence-electron chi connectivity index (χ1n) is 11.3. The highest BCUT2D eigenvalue weighted by Gasteiger charge is 2.19. The molecule has 5 nitrogen and oxygen atoms in total. The van der Waals surface area contributed by atoms with Gasteiger partial charge in [0, 0.05) is 36.0 Å². The van der Waals surface area contributed by atoms with Gasteiger partial charge in [0.05, 0.1) is 12.2 Å². The molecule has 1 unspecified atom stereocenters. The van der Waals surface area contributed by atoms with Gasteiger partial charge in [-0.1, -0.05) is 25.1 Å². The minimum Gasteiger partial charge on any atom is -0.478 e. The van der Waals surface area contributed by atoms with Gasteiger partial charge in [0.25, 0.3) is 0 Å². The van der Waals surface area contributed by atoms with E-state index in [4.69, 9.17) is 9.47 Å². The molecule has 1 atom stereocenters. The fraction of sp³-hybridized carbons (Fsp3) is 0.407. The molecule has 3 aromatic rings. The molecule has 0 aliphatic heterocycles. The summed E-state index contributed by atoms with van der Waals surface area (Å²) in [7, 11) is 0. The molecule has 5 heteroatoms. The van der Waals surface area contributed by atoms with E-state index in [-0.39, 0.29) is 0 Å². The van der Waals surface area contributed by atoms with Crippen LogP contribution in [0.4, 0.5) is 0 Å². The van der Waals surface area contributed by atoms with Crippen LogP contribution in [0.2, 0.25) is 0 Å². The van der Waals surface area contributed by atoms with Crippen LogP contribution in [0.1, 0.15) is 49.6 Å². The lowest BCUT2D eigenvalue weighted by Gasteiger charge is -2.17. The van der Waals surface area contributed by atoms with Gasteiger partial charge in [-0.05, 0) is 73.9 Å². The van der Waals surface area contributed by atoms with E-state index in [0.717, 1.165) is 35.2 Å². The highest BCUT2D eigenvalue weighted by molar-refractivity contribution is 5.66. The molecule has 2 aromatic heterocycles. The van der Waals surface area contributed by atoms with Crippen LogP contribution < -0.4 is 9.47 Å². The molecule has 0 amide bonds. The van der Waals surface area contributed by atoms with Crippen molar-refractivity contribution in [3.05, 3.63) is 71.0 Å². The molecular weight excluding hydrogens is 400 g/mol. The van der Waals surface area contributed by atoms with Crippen molar-refractivity contribution in [3.63, 3.8) is 0 Å². The molecule has 0 fully saturated rings. The van der Waals surface area contributed by atoms with Crippen LogP contribution >= 0.6 is 0 Å². The van der Waals surface area contributed by atoms with E-state index in [0.29, 0.717) is 37.3 Å². The molecule has 1 aliphatic carbocycles. The van der Waals surface area contributed by atoms with E-state index >= 15 is 0 Å². The van der Waals surface area contributed by atoms with E-state index in [2.05, 4.69) is 41.2 Å². The van der Waals surface area contributed by atoms with Gasteiger partial charge in [-0.2, -0.15) is 0 Å². The molecule has 0 saturated heterocycles. The first-order chi connectivity index (χ1) is 15.3. The molecule has 0 spiro atoms. The first kappa shape index (κ1) is 22.3. The maximum absolute atomic E-state index is 9.82. The second-order valence-corrected chi connectivity index (χ2v) is 9.49. The average molecular weight is 433 g/mol. The van der Waals surface area contributed by atoms with Crippen LogP contribution in [0, 0.1) is 12.8 Å². The molecule has 32 heavy (non-hydrogen) atoms. The minimum absolute atomic E-state index is 0.428. The summed E-state index contributed by atoms with van der Waals surface area (Å²) in [6.07, 6.45) is 4.73. The average Bonchev–Trinajstić information content (AvgIpc) is 3.11. The SMILES string of the molecule is Cc1nc(OCCC(C)(C)O)ccc1-c1cccc(COc2cc3c(cn2)CC(C)C3)c1. The summed E-state index contributed by atoms with van der Waals surface area (Å²) in [6.45, 7) is 8.71. The van der Waals surface area contributed by atoms with Crippen molar-refractivity contribution in [1.29, 1.82) is 0 Å². The Hall–Kier alpha value is -2.92. The maximum atomic E-state index is 9.82. The normalized spacial score (nSPS) is 15.5. The molecule has 168 valence electrons. The van der Waals surface area contributed by atoms with Crippen LogP contribution in [0.25, 0.3) is 11.1 Å². The molecule has 0 bridgehead atoms. The Morgan fingerprint density at radius 3 is 2.62 bits per heavy atom. The van der Waals surface area contributed by atoms with Crippen molar-refractivity contribution >= 4 is 0 Å². The number of hydrogen-bond donors (Lipinski definition) is 1. The number of ether oxygens (including phenoxy) is 2. The predicted molar refractivity (Wildman–Crippen MR) is 126 cm³/mol. The van der Waals surface area contributed by atoms with Gasteiger partial charge >= 0.3 is 0 Å². The molecule has 4 rings (SSSR count). The van der Waals surface area contributed by atoms with Crippen molar-refractivity contribution in [2.45, 2.75) is 59.2 Å². The van der Waals surface area contributed by atoms with Gasteiger partial charge in [0.2, 0.25) is 11.8 Å². The number of rotatable bonds is 8. The summed E-state index contributed by atoms with van der Waals surface area (Å²) in [5.74, 6) is 1.95. The van der Waals surface area contributed by atoms with Gasteiger partial charge in [-0.25, -0.2) is 9.97 Å². The number of aromatic nitrogens is 2. The standard InChI is InChI=1S/C27H32N2O3/c1-18-12-22-15-26(28-16-23(22)13-18)32-17-20-6-5-7-21(14-20)24-8-9-25(29-19(24)2)31-11-10-27(3,4)30/h5-9,14-16,18,30H,10-13,17H2,1-4H3. The quantitative estimate of drug-likeness (QED) is 0.523. The number of nitrogens with zero attached hydrogens (tertiary/aromatic N) is 2. The van der Waals surface area contributed by atoms with Crippen LogP contribution in [-0.4, -0.2) is 27.3 Å². The molecule has 1 N–H and O–H groups in total. The topological polar surface area (TPSA) is 64.5 Å². The Balaban J connectivity index is 1.41. The fourth-order valence-electron chi connectivity index (χ4n) is 4.09. The van der Waals surface area contributed by atoms with Crippen molar-refractivity contribution in [2.75, 3.05) is 6.61 Å². The lowest BCUT2D eigenvalue weighted by atomic mass is 10.0. The number of pyridine rings is 2. The number of hydrogen-bond acceptors (Lipinski definition) is 5. The Morgan fingerprint density at radius 2 is 1.84 bits per heavy atom. The summed E-state index contributed by atoms with van der Waals surface area (Å²) >= 11 is 0. The van der Waals surface area contributed by atoms with Crippen LogP contribution in [-0.2, 0) is 19.4 Å². The number of fused-ring (bicyclic) bond motifs is 1. The van der Waals surface area contributed by atoms with Gasteiger partial charge in [0.15, 0.2) is 0 Å². The van der Waals surface area contributed by atoms with Gasteiger partial charge in [-0.3, -0.25) is 0 Å². The van der Waals surface area contributed by atoms with E-state index in [1.807, 2.05) is 31.3 Å². The Morgan fingerprint density at radius 1 is 1.03 bits per heavy atom. The zero-order valence-corrected chi connectivity index (χ0v) is 19.4. The highest BCUT2D eigenvalue weighted by atomic mass is 16.5. The van der Waals surface area contributed by atoms with E-state index in [9.17, 15) is 5.11 Å². The first-order valence-corrected chi connectivity index (χ1v) is 11.3. The number of benzene rings is 1. The molecule has 0 radical (unpaired) electrons. The lowest BCUT2D eigenvalue weighted by Crippen LogP contribution is -2.22. The summed E-state index contributed by atoms with van der Waals surface area (Å²) < 4.78 is 11.7. The van der Waals surface area contributed by atoms with Crippen LogP contribution in [0.5, 0.6) is 11.8 Å².